The quantitative estimate of drug-likeness (QED) is 0.816. The highest BCUT2D eigenvalue weighted by atomic mass is 32.2. The Bertz CT molecular complexity index is 678. The molecule has 1 aliphatic carbocycles. The molecule has 0 bridgehead atoms. The van der Waals surface area contributed by atoms with E-state index in [1.807, 2.05) is 0 Å². The van der Waals surface area contributed by atoms with E-state index in [2.05, 4.69) is 5.32 Å². The molecule has 1 N–H and O–H groups in total. The maximum absolute atomic E-state index is 12.7. The monoisotopic (exact) mass is 354 g/mol. The average Bonchev–Trinajstić information content (AvgIpc) is 3.08. The molecule has 24 heavy (non-hydrogen) atoms. The van der Waals surface area contributed by atoms with Crippen molar-refractivity contribution >= 4 is 15.9 Å². The summed E-state index contributed by atoms with van der Waals surface area (Å²) >= 11 is 0. The highest BCUT2D eigenvalue weighted by Gasteiger charge is 2.25. The van der Waals surface area contributed by atoms with E-state index in [4.69, 9.17) is 4.74 Å². The molecule has 0 radical (unpaired) electrons. The third-order valence-corrected chi connectivity index (χ3v) is 6.50. The van der Waals surface area contributed by atoms with Crippen molar-refractivity contribution in [2.45, 2.75) is 50.5 Å². The van der Waals surface area contributed by atoms with Crippen molar-refractivity contribution in [3.05, 3.63) is 23.8 Å². The minimum absolute atomic E-state index is 0.114. The summed E-state index contributed by atoms with van der Waals surface area (Å²) < 4.78 is 31.9. The summed E-state index contributed by atoms with van der Waals surface area (Å²) in [6, 6.07) is 4.60. The Hall–Kier alpha value is -1.60. The van der Waals surface area contributed by atoms with Crippen LogP contribution in [-0.2, 0) is 10.0 Å². The first kappa shape index (κ1) is 18.7. The van der Waals surface area contributed by atoms with Gasteiger partial charge < -0.3 is 10.1 Å². The van der Waals surface area contributed by atoms with Crippen molar-refractivity contribution in [1.82, 2.24) is 9.62 Å². The van der Waals surface area contributed by atoms with E-state index in [-0.39, 0.29) is 22.4 Å². The molecular weight excluding hydrogens is 328 g/mol. The molecule has 1 fully saturated rings. The van der Waals surface area contributed by atoms with Crippen LogP contribution in [-0.4, -0.2) is 44.9 Å². The summed E-state index contributed by atoms with van der Waals surface area (Å²) in [5, 5.41) is 2.98. The van der Waals surface area contributed by atoms with Crippen LogP contribution in [0.5, 0.6) is 5.75 Å². The first-order valence-electron chi connectivity index (χ1n) is 8.43. The molecule has 0 heterocycles. The van der Waals surface area contributed by atoms with E-state index in [9.17, 15) is 13.2 Å². The van der Waals surface area contributed by atoms with Crippen molar-refractivity contribution < 1.29 is 17.9 Å². The molecule has 0 aliphatic heterocycles. The van der Waals surface area contributed by atoms with Crippen LogP contribution in [0.2, 0.25) is 0 Å². The summed E-state index contributed by atoms with van der Waals surface area (Å²) in [5.74, 6) is 0.0966. The van der Waals surface area contributed by atoms with Crippen molar-refractivity contribution in [3.8, 4) is 5.75 Å². The van der Waals surface area contributed by atoms with Crippen LogP contribution in [0.1, 0.15) is 49.9 Å². The molecule has 6 nitrogen and oxygen atoms in total. The Morgan fingerprint density at radius 1 is 1.25 bits per heavy atom. The lowest BCUT2D eigenvalue weighted by molar-refractivity contribution is 0.0934. The molecule has 1 aliphatic rings. The predicted molar refractivity (Wildman–Crippen MR) is 92.8 cm³/mol. The molecule has 7 heteroatoms. The van der Waals surface area contributed by atoms with Gasteiger partial charge >= 0.3 is 0 Å². The zero-order valence-electron chi connectivity index (χ0n) is 14.5. The van der Waals surface area contributed by atoms with Gasteiger partial charge in [-0.15, -0.1) is 0 Å². The number of carbonyl (C=O) groups is 1. The molecule has 0 unspecified atom stereocenters. The minimum Gasteiger partial charge on any atom is -0.496 e. The molecule has 1 aromatic rings. The number of hydrogen-bond acceptors (Lipinski definition) is 4. The van der Waals surface area contributed by atoms with Crippen molar-refractivity contribution in [2.24, 2.45) is 0 Å². The van der Waals surface area contributed by atoms with Crippen molar-refractivity contribution in [3.63, 3.8) is 0 Å². The fraction of sp³-hybridized carbons (Fsp3) is 0.588. The number of amides is 1. The number of methoxy groups -OCH3 is 1. The molecule has 0 spiro atoms. The van der Waals surface area contributed by atoms with Gasteiger partial charge in [-0.3, -0.25) is 4.79 Å². The van der Waals surface area contributed by atoms with Crippen LogP contribution in [0, 0.1) is 0 Å². The molecule has 0 atom stereocenters. The standard InChI is InChI=1S/C17H26N2O4S/c1-4-19(5-2)24(21,22)14-10-11-16(23-3)15(12-14)17(20)18-13-8-6-7-9-13/h10-13H,4-9H2,1-3H3,(H,18,20). The van der Waals surface area contributed by atoms with Crippen molar-refractivity contribution in [1.29, 1.82) is 0 Å². The Kier molecular flexibility index (Phi) is 6.23. The van der Waals surface area contributed by atoms with Gasteiger partial charge in [0.25, 0.3) is 5.91 Å². The number of rotatable bonds is 7. The minimum atomic E-state index is -3.61. The number of ether oxygens (including phenoxy) is 1. The lowest BCUT2D eigenvalue weighted by Gasteiger charge is -2.20. The largest absolute Gasteiger partial charge is 0.496 e. The third kappa shape index (κ3) is 3.89. The van der Waals surface area contributed by atoms with Crippen LogP contribution >= 0.6 is 0 Å². The second-order valence-corrected chi connectivity index (χ2v) is 7.84. The number of nitrogens with zero attached hydrogens (tertiary/aromatic N) is 1. The predicted octanol–water partition coefficient (Wildman–Crippen LogP) is 2.40. The second kappa shape index (κ2) is 7.98. The zero-order chi connectivity index (χ0) is 17.7. The van der Waals surface area contributed by atoms with Crippen LogP contribution in [0.25, 0.3) is 0 Å². The topological polar surface area (TPSA) is 75.7 Å². The molecule has 1 saturated carbocycles. The van der Waals surface area contributed by atoms with Gasteiger partial charge in [-0.1, -0.05) is 26.7 Å². The molecule has 0 aromatic heterocycles. The second-order valence-electron chi connectivity index (χ2n) is 5.91. The number of nitrogens with one attached hydrogen (secondary N) is 1. The first-order chi connectivity index (χ1) is 11.4. The normalized spacial score (nSPS) is 15.7. The highest BCUT2D eigenvalue weighted by molar-refractivity contribution is 7.89. The molecule has 1 amide bonds. The van der Waals surface area contributed by atoms with Gasteiger partial charge in [0.2, 0.25) is 10.0 Å². The van der Waals surface area contributed by atoms with Gasteiger partial charge in [0.15, 0.2) is 0 Å². The van der Waals surface area contributed by atoms with Crippen LogP contribution in [0.4, 0.5) is 0 Å². The van der Waals surface area contributed by atoms with E-state index in [0.717, 1.165) is 25.7 Å². The van der Waals surface area contributed by atoms with Crippen LogP contribution in [0.15, 0.2) is 23.1 Å². The van der Waals surface area contributed by atoms with E-state index in [1.54, 1.807) is 19.9 Å². The average molecular weight is 354 g/mol. The smallest absolute Gasteiger partial charge is 0.255 e. The van der Waals surface area contributed by atoms with Crippen molar-refractivity contribution in [2.75, 3.05) is 20.2 Å². The molecule has 1 aromatic carbocycles. The zero-order valence-corrected chi connectivity index (χ0v) is 15.4. The first-order valence-corrected chi connectivity index (χ1v) is 9.87. The summed E-state index contributed by atoms with van der Waals surface area (Å²) in [7, 11) is -2.14. The fourth-order valence-electron chi connectivity index (χ4n) is 3.07. The molecule has 0 saturated heterocycles. The van der Waals surface area contributed by atoms with E-state index < -0.39 is 10.0 Å². The highest BCUT2D eigenvalue weighted by Crippen LogP contribution is 2.26. The van der Waals surface area contributed by atoms with Crippen LogP contribution in [0.3, 0.4) is 0 Å². The number of benzene rings is 1. The van der Waals surface area contributed by atoms with E-state index in [0.29, 0.717) is 18.8 Å². The molecule has 2 rings (SSSR count). The Labute approximate surface area is 144 Å². The summed E-state index contributed by atoms with van der Waals surface area (Å²) in [6.45, 7) is 4.35. The van der Waals surface area contributed by atoms with Gasteiger partial charge in [0, 0.05) is 19.1 Å². The number of sulfonamides is 1. The Morgan fingerprint density at radius 2 is 1.88 bits per heavy atom. The number of hydrogen-bond donors (Lipinski definition) is 1. The summed E-state index contributed by atoms with van der Waals surface area (Å²) in [6.07, 6.45) is 4.15. The summed E-state index contributed by atoms with van der Waals surface area (Å²) in [5.41, 5.74) is 0.262. The lowest BCUT2D eigenvalue weighted by Crippen LogP contribution is -2.33. The van der Waals surface area contributed by atoms with Crippen LogP contribution < -0.4 is 10.1 Å². The Morgan fingerprint density at radius 3 is 2.42 bits per heavy atom. The van der Waals surface area contributed by atoms with Gasteiger partial charge in [-0.25, -0.2) is 8.42 Å². The van der Waals surface area contributed by atoms with Gasteiger partial charge in [0.05, 0.1) is 17.6 Å². The van der Waals surface area contributed by atoms with E-state index >= 15 is 0 Å². The number of carbonyl (C=O) groups excluding carboxylic acids is 1. The fourth-order valence-corrected chi connectivity index (χ4v) is 4.56. The maximum atomic E-state index is 12.7. The van der Waals surface area contributed by atoms with E-state index in [1.165, 1.54) is 23.5 Å². The lowest BCUT2D eigenvalue weighted by atomic mass is 10.1. The SMILES string of the molecule is CCN(CC)S(=O)(=O)c1ccc(OC)c(C(=O)NC2CCCC2)c1. The van der Waals surface area contributed by atoms with Gasteiger partial charge in [-0.2, -0.15) is 4.31 Å². The Balaban J connectivity index is 2.34. The molecular formula is C17H26N2O4S. The molecule has 134 valence electrons. The van der Waals surface area contributed by atoms with Gasteiger partial charge in [-0.05, 0) is 31.0 Å². The maximum Gasteiger partial charge on any atom is 0.255 e. The van der Waals surface area contributed by atoms with Gasteiger partial charge in [0.1, 0.15) is 5.75 Å². The third-order valence-electron chi connectivity index (χ3n) is 4.45. The summed E-state index contributed by atoms with van der Waals surface area (Å²) in [4.78, 5) is 12.7.